The van der Waals surface area contributed by atoms with Crippen LogP contribution in [0.4, 0.5) is 0 Å². The van der Waals surface area contributed by atoms with Gasteiger partial charge < -0.3 is 0 Å². The van der Waals surface area contributed by atoms with Crippen molar-refractivity contribution >= 4 is 41.2 Å². The molecule has 18 heavy (non-hydrogen) atoms. The predicted molar refractivity (Wildman–Crippen MR) is 73.4 cm³/mol. The number of hydrogen-bond donors (Lipinski definition) is 0. The monoisotopic (exact) mass is 298 g/mol. The summed E-state index contributed by atoms with van der Waals surface area (Å²) >= 11 is 13.1. The minimum absolute atomic E-state index is 0.179. The van der Waals surface area contributed by atoms with E-state index in [9.17, 15) is 4.79 Å². The lowest BCUT2D eigenvalue weighted by Gasteiger charge is -2.04. The van der Waals surface area contributed by atoms with Crippen molar-refractivity contribution < 1.29 is 4.79 Å². The van der Waals surface area contributed by atoms with Crippen LogP contribution in [0.25, 0.3) is 0 Å². The molecule has 0 saturated heterocycles. The maximum absolute atomic E-state index is 10.9. The summed E-state index contributed by atoms with van der Waals surface area (Å²) in [5.74, 6) is 0.686. The van der Waals surface area contributed by atoms with E-state index in [1.54, 1.807) is 0 Å². The van der Waals surface area contributed by atoms with E-state index in [2.05, 4.69) is 9.97 Å². The van der Waals surface area contributed by atoms with E-state index in [-0.39, 0.29) is 5.15 Å². The summed E-state index contributed by atoms with van der Waals surface area (Å²) in [6, 6.07) is 7.51. The summed E-state index contributed by atoms with van der Waals surface area (Å²) in [7, 11) is 0. The van der Waals surface area contributed by atoms with Crippen LogP contribution in [-0.4, -0.2) is 16.3 Å². The zero-order valence-electron chi connectivity index (χ0n) is 9.14. The van der Waals surface area contributed by atoms with Crippen molar-refractivity contribution in [1.82, 2.24) is 9.97 Å². The van der Waals surface area contributed by atoms with Crippen LogP contribution in [0.5, 0.6) is 0 Å². The Morgan fingerprint density at radius 2 is 1.89 bits per heavy atom. The lowest BCUT2D eigenvalue weighted by atomic mass is 10.2. The number of aromatic nitrogens is 2. The molecule has 1 aromatic carbocycles. The van der Waals surface area contributed by atoms with Crippen LogP contribution in [-0.2, 0) is 5.75 Å². The maximum Gasteiger partial charge on any atom is 0.155 e. The molecule has 3 nitrogen and oxygen atoms in total. The summed E-state index contributed by atoms with van der Waals surface area (Å²) in [5, 5.41) is 1.46. The molecular weight excluding hydrogens is 291 g/mol. The normalized spacial score (nSPS) is 10.3. The van der Waals surface area contributed by atoms with Crippen molar-refractivity contribution in [3.8, 4) is 0 Å². The first-order valence-electron chi connectivity index (χ1n) is 5.03. The van der Waals surface area contributed by atoms with Gasteiger partial charge in [0.2, 0.25) is 0 Å². The molecule has 0 unspecified atom stereocenters. The van der Waals surface area contributed by atoms with Gasteiger partial charge in [-0.05, 0) is 17.7 Å². The topological polar surface area (TPSA) is 42.9 Å². The maximum atomic E-state index is 10.9. The van der Waals surface area contributed by atoms with Crippen molar-refractivity contribution in [3.05, 3.63) is 51.9 Å². The van der Waals surface area contributed by atoms with E-state index < -0.39 is 0 Å². The SMILES string of the molecule is O=Cc1c(Cl)ncnc1SCc1ccc(Cl)cc1. The van der Waals surface area contributed by atoms with Crippen LogP contribution in [0.1, 0.15) is 15.9 Å². The molecule has 0 radical (unpaired) electrons. The highest BCUT2D eigenvalue weighted by Crippen LogP contribution is 2.26. The van der Waals surface area contributed by atoms with Crippen molar-refractivity contribution in [2.75, 3.05) is 0 Å². The van der Waals surface area contributed by atoms with E-state index >= 15 is 0 Å². The molecule has 0 bridgehead atoms. The zero-order chi connectivity index (χ0) is 13.0. The zero-order valence-corrected chi connectivity index (χ0v) is 11.5. The standard InChI is InChI=1S/C12H8Cl2N2OS/c13-9-3-1-8(2-4-9)6-18-12-10(5-17)11(14)15-7-16-12/h1-5,7H,6H2. The fourth-order valence-electron chi connectivity index (χ4n) is 1.31. The van der Waals surface area contributed by atoms with Gasteiger partial charge in [0.25, 0.3) is 0 Å². The van der Waals surface area contributed by atoms with Crippen LogP contribution in [0.2, 0.25) is 10.2 Å². The molecule has 0 fully saturated rings. The molecule has 0 spiro atoms. The summed E-state index contributed by atoms with van der Waals surface area (Å²) < 4.78 is 0. The van der Waals surface area contributed by atoms with Gasteiger partial charge in [0.05, 0.1) is 5.56 Å². The Morgan fingerprint density at radius 1 is 1.17 bits per heavy atom. The summed E-state index contributed by atoms with van der Waals surface area (Å²) in [4.78, 5) is 18.7. The van der Waals surface area contributed by atoms with Crippen molar-refractivity contribution in [2.24, 2.45) is 0 Å². The number of hydrogen-bond acceptors (Lipinski definition) is 4. The molecule has 0 N–H and O–H groups in total. The fraction of sp³-hybridized carbons (Fsp3) is 0.0833. The van der Waals surface area contributed by atoms with E-state index in [4.69, 9.17) is 23.2 Å². The molecule has 0 atom stereocenters. The van der Waals surface area contributed by atoms with Crippen molar-refractivity contribution in [2.45, 2.75) is 10.8 Å². The van der Waals surface area contributed by atoms with Gasteiger partial charge >= 0.3 is 0 Å². The van der Waals surface area contributed by atoms with Gasteiger partial charge in [0.15, 0.2) is 6.29 Å². The molecule has 1 heterocycles. The molecule has 0 aliphatic carbocycles. The average molecular weight is 299 g/mol. The second-order valence-electron chi connectivity index (χ2n) is 3.42. The van der Waals surface area contributed by atoms with Crippen molar-refractivity contribution in [3.63, 3.8) is 0 Å². The van der Waals surface area contributed by atoms with Gasteiger partial charge in [-0.15, -0.1) is 11.8 Å². The number of halogens is 2. The Hall–Kier alpha value is -1.10. The minimum atomic E-state index is 0.179. The van der Waals surface area contributed by atoms with E-state index in [1.807, 2.05) is 24.3 Å². The van der Waals surface area contributed by atoms with Gasteiger partial charge in [-0.2, -0.15) is 0 Å². The molecule has 2 aromatic rings. The third-order valence-electron chi connectivity index (χ3n) is 2.21. The lowest BCUT2D eigenvalue weighted by Crippen LogP contribution is -1.94. The Bertz CT molecular complexity index is 561. The Morgan fingerprint density at radius 3 is 2.56 bits per heavy atom. The summed E-state index contributed by atoms with van der Waals surface area (Å²) in [6.45, 7) is 0. The number of carbonyl (C=O) groups is 1. The highest BCUT2D eigenvalue weighted by Gasteiger charge is 2.09. The molecular formula is C12H8Cl2N2OS. The van der Waals surface area contributed by atoms with E-state index in [0.717, 1.165) is 5.56 Å². The average Bonchev–Trinajstić information content (AvgIpc) is 2.38. The molecule has 0 saturated carbocycles. The first-order chi connectivity index (χ1) is 8.70. The summed E-state index contributed by atoms with van der Waals surface area (Å²) in [5.41, 5.74) is 1.43. The molecule has 6 heteroatoms. The van der Waals surface area contributed by atoms with E-state index in [1.165, 1.54) is 18.1 Å². The Labute approximate surface area is 119 Å². The number of thioether (sulfide) groups is 1. The van der Waals surface area contributed by atoms with Gasteiger partial charge in [-0.3, -0.25) is 4.79 Å². The third kappa shape index (κ3) is 3.22. The quantitative estimate of drug-likeness (QED) is 0.488. The number of aldehydes is 1. The first kappa shape index (κ1) is 13.3. The largest absolute Gasteiger partial charge is 0.298 e. The predicted octanol–water partition coefficient (Wildman–Crippen LogP) is 3.89. The van der Waals surface area contributed by atoms with Gasteiger partial charge in [-0.1, -0.05) is 35.3 Å². The van der Waals surface area contributed by atoms with Crippen LogP contribution in [0.15, 0.2) is 35.6 Å². The second-order valence-corrected chi connectivity index (χ2v) is 5.17. The fourth-order valence-corrected chi connectivity index (χ4v) is 2.58. The second kappa shape index (κ2) is 6.18. The van der Waals surface area contributed by atoms with Crippen LogP contribution in [0.3, 0.4) is 0 Å². The molecule has 1 aromatic heterocycles. The number of nitrogens with zero attached hydrogens (tertiary/aromatic N) is 2. The third-order valence-corrected chi connectivity index (χ3v) is 3.83. The molecule has 0 aliphatic heterocycles. The van der Waals surface area contributed by atoms with Crippen LogP contribution < -0.4 is 0 Å². The van der Waals surface area contributed by atoms with Crippen molar-refractivity contribution in [1.29, 1.82) is 0 Å². The summed E-state index contributed by atoms with van der Waals surface area (Å²) in [6.07, 6.45) is 2.02. The Balaban J connectivity index is 2.13. The molecule has 92 valence electrons. The highest BCUT2D eigenvalue weighted by molar-refractivity contribution is 7.98. The van der Waals surface area contributed by atoms with Gasteiger partial charge in [0.1, 0.15) is 16.5 Å². The smallest absolute Gasteiger partial charge is 0.155 e. The number of benzene rings is 1. The van der Waals surface area contributed by atoms with E-state index in [0.29, 0.717) is 27.7 Å². The van der Waals surface area contributed by atoms with Gasteiger partial charge in [-0.25, -0.2) is 9.97 Å². The number of carbonyl (C=O) groups excluding carboxylic acids is 1. The minimum Gasteiger partial charge on any atom is -0.298 e. The molecule has 2 rings (SSSR count). The van der Waals surface area contributed by atoms with Gasteiger partial charge in [0, 0.05) is 10.8 Å². The Kier molecular flexibility index (Phi) is 4.58. The lowest BCUT2D eigenvalue weighted by molar-refractivity contribution is 0.112. The first-order valence-corrected chi connectivity index (χ1v) is 6.78. The highest BCUT2D eigenvalue weighted by atomic mass is 35.5. The molecule has 0 aliphatic rings. The molecule has 0 amide bonds. The number of rotatable bonds is 4. The van der Waals surface area contributed by atoms with Crippen LogP contribution in [0, 0.1) is 0 Å². The van der Waals surface area contributed by atoms with Crippen LogP contribution >= 0.6 is 35.0 Å².